The predicted octanol–water partition coefficient (Wildman–Crippen LogP) is 3.03. The van der Waals surface area contributed by atoms with E-state index in [1.807, 2.05) is 13.8 Å². The number of benzene rings is 2. The number of fused-ring (bicyclic) bond motifs is 1. The number of aromatic amines is 1. The van der Waals surface area contributed by atoms with Crippen molar-refractivity contribution in [2.75, 3.05) is 19.5 Å². The molecule has 10 nitrogen and oxygen atoms in total. The van der Waals surface area contributed by atoms with Gasteiger partial charge < -0.3 is 9.47 Å². The van der Waals surface area contributed by atoms with E-state index in [2.05, 4.69) is 25.6 Å². The van der Waals surface area contributed by atoms with Gasteiger partial charge in [0.2, 0.25) is 5.95 Å². The highest BCUT2D eigenvalue weighted by Gasteiger charge is 2.20. The number of carbonyl (C=O) groups excluding carboxylic acids is 1. The summed E-state index contributed by atoms with van der Waals surface area (Å²) in [6, 6.07) is 11.9. The zero-order chi connectivity index (χ0) is 22.8. The first-order chi connectivity index (χ1) is 15.4. The normalized spacial score (nSPS) is 11.0. The minimum atomic E-state index is -0.525. The maximum absolute atomic E-state index is 13.0. The maximum atomic E-state index is 13.0. The third-order valence-electron chi connectivity index (χ3n) is 4.91. The van der Waals surface area contributed by atoms with E-state index in [4.69, 9.17) is 9.47 Å². The number of hydrogen-bond acceptors (Lipinski definition) is 7. The van der Waals surface area contributed by atoms with Crippen LogP contribution in [0, 0.1) is 0 Å². The van der Waals surface area contributed by atoms with Gasteiger partial charge in [-0.05, 0) is 32.0 Å². The molecule has 0 saturated carbocycles. The molecule has 4 aromatic rings. The van der Waals surface area contributed by atoms with Gasteiger partial charge in [0.25, 0.3) is 11.5 Å². The van der Waals surface area contributed by atoms with Crippen molar-refractivity contribution in [3.63, 3.8) is 0 Å². The Morgan fingerprint density at radius 2 is 1.84 bits per heavy atom. The van der Waals surface area contributed by atoms with Crippen molar-refractivity contribution in [2.24, 2.45) is 0 Å². The Bertz CT molecular complexity index is 1360. The molecule has 0 bridgehead atoms. The monoisotopic (exact) mass is 434 g/mol. The molecule has 2 heterocycles. The van der Waals surface area contributed by atoms with Gasteiger partial charge in [0, 0.05) is 11.5 Å². The fraction of sp³-hybridized carbons (Fsp3) is 0.227. The molecule has 0 aliphatic rings. The van der Waals surface area contributed by atoms with Crippen molar-refractivity contribution in [1.29, 1.82) is 0 Å². The minimum absolute atomic E-state index is 0.0658. The van der Waals surface area contributed by atoms with Crippen LogP contribution in [0.25, 0.3) is 22.2 Å². The summed E-state index contributed by atoms with van der Waals surface area (Å²) in [7, 11) is 3.11. The quantitative estimate of drug-likeness (QED) is 0.478. The number of nitrogens with one attached hydrogen (secondary N) is 2. The van der Waals surface area contributed by atoms with Gasteiger partial charge in [0.05, 0.1) is 31.2 Å². The van der Waals surface area contributed by atoms with Crippen LogP contribution < -0.4 is 20.3 Å². The first kappa shape index (κ1) is 21.0. The van der Waals surface area contributed by atoms with Gasteiger partial charge in [-0.25, -0.2) is 4.68 Å². The molecule has 10 heteroatoms. The molecule has 2 aromatic carbocycles. The van der Waals surface area contributed by atoms with E-state index >= 15 is 0 Å². The van der Waals surface area contributed by atoms with Crippen molar-refractivity contribution in [1.82, 2.24) is 25.0 Å². The second kappa shape index (κ2) is 8.50. The number of carbonyl (C=O) groups is 1. The van der Waals surface area contributed by atoms with E-state index in [9.17, 15) is 9.59 Å². The van der Waals surface area contributed by atoms with Crippen LogP contribution in [0.5, 0.6) is 11.5 Å². The summed E-state index contributed by atoms with van der Waals surface area (Å²) < 4.78 is 11.9. The van der Waals surface area contributed by atoms with Gasteiger partial charge in [-0.1, -0.05) is 18.2 Å². The predicted molar refractivity (Wildman–Crippen MR) is 119 cm³/mol. The highest BCUT2D eigenvalue weighted by atomic mass is 16.5. The highest BCUT2D eigenvalue weighted by Crippen LogP contribution is 2.31. The molecule has 0 aliphatic heterocycles. The summed E-state index contributed by atoms with van der Waals surface area (Å²) in [5, 5.41) is 14.7. The number of amides is 1. The lowest BCUT2D eigenvalue weighted by atomic mass is 10.1. The van der Waals surface area contributed by atoms with Crippen molar-refractivity contribution in [3.05, 3.63) is 58.5 Å². The summed E-state index contributed by atoms with van der Waals surface area (Å²) in [5.41, 5.74) is 0.513. The molecule has 0 unspecified atom stereocenters. The number of nitrogens with zero attached hydrogens (tertiary/aromatic N) is 4. The first-order valence-electron chi connectivity index (χ1n) is 9.90. The molecule has 0 spiro atoms. The largest absolute Gasteiger partial charge is 0.497 e. The zero-order valence-electron chi connectivity index (χ0n) is 18.0. The van der Waals surface area contributed by atoms with Gasteiger partial charge in [-0.15, -0.1) is 5.10 Å². The lowest BCUT2D eigenvalue weighted by Crippen LogP contribution is -2.29. The number of anilines is 1. The summed E-state index contributed by atoms with van der Waals surface area (Å²) in [4.78, 5) is 30.1. The number of ether oxygens (including phenoxy) is 2. The van der Waals surface area contributed by atoms with Gasteiger partial charge in [0.1, 0.15) is 11.5 Å². The number of methoxy groups -OCH3 is 2. The molecule has 0 radical (unpaired) electrons. The van der Waals surface area contributed by atoms with Gasteiger partial charge >= 0.3 is 0 Å². The Hall–Kier alpha value is -4.21. The fourth-order valence-corrected chi connectivity index (χ4v) is 3.32. The summed E-state index contributed by atoms with van der Waals surface area (Å²) in [5.74, 6) is 1.12. The molecule has 164 valence electrons. The van der Waals surface area contributed by atoms with Crippen LogP contribution in [0.1, 0.15) is 30.4 Å². The van der Waals surface area contributed by atoms with Gasteiger partial charge in [-0.2, -0.15) is 10.1 Å². The minimum Gasteiger partial charge on any atom is -0.497 e. The average molecular weight is 434 g/mol. The Labute approximate surface area is 183 Å². The van der Waals surface area contributed by atoms with Gasteiger partial charge in [0.15, 0.2) is 11.5 Å². The highest BCUT2D eigenvalue weighted by molar-refractivity contribution is 6.10. The standard InChI is InChI=1S/C22H22N6O4/c1-12(2)28-21(30)15-8-6-5-7-14(15)18(27-28)20(29)24-22-23-19(25-26-22)16-10-9-13(31-3)11-17(16)32-4/h5-12H,1-4H3,(H2,23,24,25,26,29). The van der Waals surface area contributed by atoms with E-state index in [1.165, 1.54) is 11.8 Å². The Morgan fingerprint density at radius 3 is 2.53 bits per heavy atom. The maximum Gasteiger partial charge on any atom is 0.279 e. The molecule has 2 aromatic heterocycles. The van der Waals surface area contributed by atoms with Crippen LogP contribution in [0.3, 0.4) is 0 Å². The van der Waals surface area contributed by atoms with Crippen molar-refractivity contribution >= 4 is 22.6 Å². The average Bonchev–Trinajstić information content (AvgIpc) is 3.26. The topological polar surface area (TPSA) is 124 Å². The van der Waals surface area contributed by atoms with E-state index in [0.717, 1.165) is 0 Å². The lowest BCUT2D eigenvalue weighted by Gasteiger charge is -2.12. The molecule has 0 saturated heterocycles. The van der Waals surface area contributed by atoms with Crippen LogP contribution >= 0.6 is 0 Å². The smallest absolute Gasteiger partial charge is 0.279 e. The molecule has 0 aliphatic carbocycles. The van der Waals surface area contributed by atoms with Crippen LogP contribution in [0.2, 0.25) is 0 Å². The summed E-state index contributed by atoms with van der Waals surface area (Å²) in [6.07, 6.45) is 0. The number of rotatable bonds is 6. The van der Waals surface area contributed by atoms with Crippen molar-refractivity contribution < 1.29 is 14.3 Å². The van der Waals surface area contributed by atoms with Crippen molar-refractivity contribution in [3.8, 4) is 22.9 Å². The van der Waals surface area contributed by atoms with Crippen molar-refractivity contribution in [2.45, 2.75) is 19.9 Å². The van der Waals surface area contributed by atoms with Gasteiger partial charge in [-0.3, -0.25) is 20.0 Å². The van der Waals surface area contributed by atoms with Crippen LogP contribution in [0.4, 0.5) is 5.95 Å². The molecular formula is C22H22N6O4. The Kier molecular flexibility index (Phi) is 5.59. The van der Waals surface area contributed by atoms with E-state index in [-0.39, 0.29) is 23.2 Å². The SMILES string of the molecule is COc1ccc(-c2nc(NC(=O)c3nn(C(C)C)c(=O)c4ccccc34)n[nH]2)c(OC)c1. The molecule has 32 heavy (non-hydrogen) atoms. The molecule has 2 N–H and O–H groups in total. The second-order valence-electron chi connectivity index (χ2n) is 7.27. The van der Waals surface area contributed by atoms with E-state index in [1.54, 1.807) is 49.6 Å². The fourth-order valence-electron chi connectivity index (χ4n) is 3.32. The number of H-pyrrole nitrogens is 1. The molecule has 1 amide bonds. The number of hydrogen-bond donors (Lipinski definition) is 2. The zero-order valence-corrected chi connectivity index (χ0v) is 18.0. The molecule has 0 atom stereocenters. The lowest BCUT2D eigenvalue weighted by molar-refractivity contribution is 0.102. The summed E-state index contributed by atoms with van der Waals surface area (Å²) >= 11 is 0. The Balaban J connectivity index is 1.68. The number of aromatic nitrogens is 5. The van der Waals surface area contributed by atoms with Crippen LogP contribution in [-0.4, -0.2) is 45.1 Å². The third-order valence-corrected chi connectivity index (χ3v) is 4.91. The van der Waals surface area contributed by atoms with E-state index in [0.29, 0.717) is 33.7 Å². The van der Waals surface area contributed by atoms with E-state index < -0.39 is 5.91 Å². The molecule has 4 rings (SSSR count). The molecule has 0 fully saturated rings. The Morgan fingerprint density at radius 1 is 1.09 bits per heavy atom. The summed E-state index contributed by atoms with van der Waals surface area (Å²) in [6.45, 7) is 3.66. The van der Waals surface area contributed by atoms with Crippen LogP contribution in [-0.2, 0) is 0 Å². The molecular weight excluding hydrogens is 412 g/mol. The third kappa shape index (κ3) is 3.78. The van der Waals surface area contributed by atoms with Crippen LogP contribution in [0.15, 0.2) is 47.3 Å². The first-order valence-corrected chi connectivity index (χ1v) is 9.90. The second-order valence-corrected chi connectivity index (χ2v) is 7.27.